The average Bonchev–Trinajstić information content (AvgIpc) is 4.01. The van der Waals surface area contributed by atoms with Crippen LogP contribution in [0.5, 0.6) is 0 Å². The van der Waals surface area contributed by atoms with Crippen LogP contribution in [0.25, 0.3) is 134 Å². The molecule has 0 saturated heterocycles. The zero-order valence-corrected chi connectivity index (χ0v) is 34.2. The predicted octanol–water partition coefficient (Wildman–Crippen LogP) is 16.3. The van der Waals surface area contributed by atoms with Gasteiger partial charge in [-0.05, 0) is 74.5 Å². The first-order valence-corrected chi connectivity index (χ1v) is 22.3. The molecule has 0 aliphatic heterocycles. The van der Waals surface area contributed by atoms with Crippen LogP contribution in [0.15, 0.2) is 188 Å². The third kappa shape index (κ3) is 4.73. The Morgan fingerprint density at radius 1 is 0.377 bits per heavy atom. The Bertz CT molecular complexity index is 4180. The van der Waals surface area contributed by atoms with Gasteiger partial charge in [-0.2, -0.15) is 0 Å². The number of hydrogen-bond acceptors (Lipinski definition) is 4. The Kier molecular flexibility index (Phi) is 6.87. The number of nitrogens with zero attached hydrogens (tertiary/aromatic N) is 3. The van der Waals surface area contributed by atoms with Gasteiger partial charge in [-0.3, -0.25) is 4.57 Å². The smallest absolute Gasteiger partial charge is 0.235 e. The molecule has 14 aromatic rings. The molecule has 0 saturated carbocycles. The summed E-state index contributed by atoms with van der Waals surface area (Å²) in [4.78, 5) is 11.3. The molecular formula is C56H31N3S2. The van der Waals surface area contributed by atoms with Crippen molar-refractivity contribution in [3.8, 4) is 28.3 Å². The summed E-state index contributed by atoms with van der Waals surface area (Å²) < 4.78 is 7.51. The minimum atomic E-state index is 0.670. The van der Waals surface area contributed by atoms with Crippen LogP contribution in [0.2, 0.25) is 0 Å². The molecule has 5 heteroatoms. The summed E-state index contributed by atoms with van der Waals surface area (Å²) in [6, 6.07) is 68.7. The fourth-order valence-electron chi connectivity index (χ4n) is 10.1. The van der Waals surface area contributed by atoms with Crippen LogP contribution in [0.4, 0.5) is 0 Å². The molecule has 0 amide bonds. The van der Waals surface area contributed by atoms with E-state index in [2.05, 4.69) is 193 Å². The summed E-state index contributed by atoms with van der Waals surface area (Å²) in [5, 5.41) is 15.8. The molecule has 3 nitrogen and oxygen atoms in total. The van der Waals surface area contributed by atoms with Crippen molar-refractivity contribution < 1.29 is 0 Å². The monoisotopic (exact) mass is 809 g/mol. The van der Waals surface area contributed by atoms with Crippen LogP contribution in [0.1, 0.15) is 0 Å². The molecule has 0 unspecified atom stereocenters. The zero-order chi connectivity index (χ0) is 39.8. The minimum Gasteiger partial charge on any atom is -0.276 e. The SMILES string of the molecule is c1ccc2c(-c3nc(-n4c5ccccc5c5c6ccccc6c6c7ccc(-c8ccc9sc%10ccccc%10c9c8)cc7sc6c54)nc4c3ccc3ccccc34)cccc2c1. The molecular weight excluding hydrogens is 779 g/mol. The highest BCUT2D eigenvalue weighted by Crippen LogP contribution is 2.49. The molecule has 4 aromatic heterocycles. The van der Waals surface area contributed by atoms with Crippen LogP contribution in [0.3, 0.4) is 0 Å². The van der Waals surface area contributed by atoms with E-state index in [4.69, 9.17) is 9.97 Å². The van der Waals surface area contributed by atoms with Gasteiger partial charge in [-0.1, -0.05) is 152 Å². The van der Waals surface area contributed by atoms with Gasteiger partial charge < -0.3 is 0 Å². The maximum absolute atomic E-state index is 5.66. The topological polar surface area (TPSA) is 30.7 Å². The summed E-state index contributed by atoms with van der Waals surface area (Å²) in [6.07, 6.45) is 0. The Morgan fingerprint density at radius 3 is 1.89 bits per heavy atom. The number of benzene rings is 10. The molecule has 61 heavy (non-hydrogen) atoms. The molecule has 4 heterocycles. The lowest BCUT2D eigenvalue weighted by atomic mass is 9.97. The molecule has 0 N–H and O–H groups in total. The van der Waals surface area contributed by atoms with Crippen LogP contribution < -0.4 is 0 Å². The van der Waals surface area contributed by atoms with Gasteiger partial charge in [0.25, 0.3) is 0 Å². The third-order valence-electron chi connectivity index (χ3n) is 12.8. The van der Waals surface area contributed by atoms with Gasteiger partial charge in [0.1, 0.15) is 0 Å². The second-order valence-electron chi connectivity index (χ2n) is 16.0. The van der Waals surface area contributed by atoms with Crippen LogP contribution >= 0.6 is 22.7 Å². The molecule has 10 aromatic carbocycles. The van der Waals surface area contributed by atoms with Gasteiger partial charge in [-0.15, -0.1) is 22.7 Å². The maximum atomic E-state index is 5.66. The molecule has 0 aliphatic carbocycles. The van der Waals surface area contributed by atoms with Crippen molar-refractivity contribution >= 4 is 128 Å². The molecule has 0 fully saturated rings. The molecule has 0 radical (unpaired) electrons. The summed E-state index contributed by atoms with van der Waals surface area (Å²) >= 11 is 3.75. The van der Waals surface area contributed by atoms with Crippen molar-refractivity contribution in [1.82, 2.24) is 14.5 Å². The van der Waals surface area contributed by atoms with E-state index < -0.39 is 0 Å². The highest BCUT2D eigenvalue weighted by Gasteiger charge is 2.25. The summed E-state index contributed by atoms with van der Waals surface area (Å²) in [6.45, 7) is 0. The van der Waals surface area contributed by atoms with Gasteiger partial charge in [-0.25, -0.2) is 9.97 Å². The van der Waals surface area contributed by atoms with Crippen molar-refractivity contribution in [2.24, 2.45) is 0 Å². The molecule has 0 atom stereocenters. The van der Waals surface area contributed by atoms with Gasteiger partial charge in [0, 0.05) is 62.8 Å². The Labute approximate surface area is 357 Å². The summed E-state index contributed by atoms with van der Waals surface area (Å²) in [5.41, 5.74) is 7.67. The largest absolute Gasteiger partial charge is 0.276 e. The number of rotatable bonds is 3. The standard InChI is InChI=1S/C56H31N3S2/c1-3-15-36-32(12-1)14-11-21-41(36)53-44-28-24-33-13-2-4-16-37(33)52(44)57-56(58-53)59-46-22-9-7-20-42(46)50-39-18-5-6-19-40(39)51-43-27-25-35(31-49(43)61-55(51)54(50)59)34-26-29-48-45(30-34)38-17-8-10-23-47(38)60-48/h1-31H. The van der Waals surface area contributed by atoms with Gasteiger partial charge >= 0.3 is 0 Å². The first kappa shape index (κ1) is 33.4. The summed E-state index contributed by atoms with van der Waals surface area (Å²) in [7, 11) is 0. The van der Waals surface area contributed by atoms with E-state index in [1.807, 2.05) is 22.7 Å². The maximum Gasteiger partial charge on any atom is 0.235 e. The van der Waals surface area contributed by atoms with Crippen molar-refractivity contribution in [3.63, 3.8) is 0 Å². The van der Waals surface area contributed by atoms with E-state index in [1.54, 1.807) is 0 Å². The van der Waals surface area contributed by atoms with E-state index in [-0.39, 0.29) is 0 Å². The van der Waals surface area contributed by atoms with Crippen molar-refractivity contribution in [3.05, 3.63) is 188 Å². The minimum absolute atomic E-state index is 0.670. The summed E-state index contributed by atoms with van der Waals surface area (Å²) in [5.74, 6) is 0.670. The average molecular weight is 810 g/mol. The molecule has 0 spiro atoms. The lowest BCUT2D eigenvalue weighted by molar-refractivity contribution is 1.02. The molecule has 14 rings (SSSR count). The Hall–Kier alpha value is -7.44. The second kappa shape index (κ2) is 12.5. The first-order chi connectivity index (χ1) is 30.2. The van der Waals surface area contributed by atoms with Gasteiger partial charge in [0.15, 0.2) is 0 Å². The van der Waals surface area contributed by atoms with E-state index in [0.29, 0.717) is 5.95 Å². The van der Waals surface area contributed by atoms with Gasteiger partial charge in [0.2, 0.25) is 5.95 Å². The second-order valence-corrected chi connectivity index (χ2v) is 18.2. The fourth-order valence-corrected chi connectivity index (χ4v) is 12.4. The number of thiophene rings is 2. The Balaban J connectivity index is 1.11. The highest BCUT2D eigenvalue weighted by molar-refractivity contribution is 7.27. The van der Waals surface area contributed by atoms with Crippen LogP contribution in [-0.2, 0) is 0 Å². The third-order valence-corrected chi connectivity index (χ3v) is 15.1. The van der Waals surface area contributed by atoms with Gasteiger partial charge in [0.05, 0.1) is 26.9 Å². The number of para-hydroxylation sites is 1. The van der Waals surface area contributed by atoms with Crippen LogP contribution in [-0.4, -0.2) is 14.5 Å². The van der Waals surface area contributed by atoms with Crippen molar-refractivity contribution in [2.75, 3.05) is 0 Å². The molecule has 0 aliphatic rings. The molecule has 0 bridgehead atoms. The number of fused-ring (bicyclic) bond motifs is 17. The predicted molar refractivity (Wildman–Crippen MR) is 263 cm³/mol. The van der Waals surface area contributed by atoms with Crippen LogP contribution in [0, 0.1) is 0 Å². The molecule has 282 valence electrons. The zero-order valence-electron chi connectivity index (χ0n) is 32.6. The van der Waals surface area contributed by atoms with Crippen molar-refractivity contribution in [1.29, 1.82) is 0 Å². The normalized spacial score (nSPS) is 12.3. The van der Waals surface area contributed by atoms with E-state index in [1.165, 1.54) is 83.8 Å². The quantitative estimate of drug-likeness (QED) is 0.166. The lowest BCUT2D eigenvalue weighted by Crippen LogP contribution is -2.04. The highest BCUT2D eigenvalue weighted by atomic mass is 32.1. The fraction of sp³-hybridized carbons (Fsp3) is 0. The number of hydrogen-bond donors (Lipinski definition) is 0. The number of aromatic nitrogens is 3. The van der Waals surface area contributed by atoms with Crippen molar-refractivity contribution in [2.45, 2.75) is 0 Å². The first-order valence-electron chi connectivity index (χ1n) is 20.6. The van der Waals surface area contributed by atoms with E-state index >= 15 is 0 Å². The van der Waals surface area contributed by atoms with E-state index in [0.717, 1.165) is 44.0 Å². The lowest BCUT2D eigenvalue weighted by Gasteiger charge is -2.15. The van der Waals surface area contributed by atoms with E-state index in [9.17, 15) is 0 Å². The Morgan fingerprint density at radius 2 is 1.02 bits per heavy atom.